The second-order valence-corrected chi connectivity index (χ2v) is 10.4. The van der Waals surface area contributed by atoms with Crippen LogP contribution < -0.4 is 10.7 Å². The largest absolute Gasteiger partial charge is 0.337 e. The lowest BCUT2D eigenvalue weighted by molar-refractivity contribution is 0.658. The van der Waals surface area contributed by atoms with Gasteiger partial charge in [-0.1, -0.05) is 33.9 Å². The first-order chi connectivity index (χ1) is 5.81. The highest BCUT2D eigenvalue weighted by molar-refractivity contribution is 6.77. The number of unbranched alkanes of at least 4 members (excludes halogenated alkanes) is 1. The van der Waals surface area contributed by atoms with Crippen molar-refractivity contribution >= 4 is 8.24 Å². The maximum atomic E-state index is 5.45. The van der Waals surface area contributed by atoms with Gasteiger partial charge in [0.05, 0.1) is 0 Å². The normalized spacial score (nSPS) is 13.4. The highest BCUT2D eigenvalue weighted by atomic mass is 28.3. The van der Waals surface area contributed by atoms with Gasteiger partial charge in [-0.25, -0.2) is 0 Å². The summed E-state index contributed by atoms with van der Waals surface area (Å²) in [4.78, 5) is 3.72. The van der Waals surface area contributed by atoms with Gasteiger partial charge in [-0.05, 0) is 31.0 Å². The fourth-order valence-corrected chi connectivity index (χ4v) is 2.27. The molecule has 0 atom stereocenters. The van der Waals surface area contributed by atoms with Gasteiger partial charge in [0.2, 0.25) is 0 Å². The van der Waals surface area contributed by atoms with Crippen molar-refractivity contribution in [3.05, 3.63) is 0 Å². The summed E-state index contributed by atoms with van der Waals surface area (Å²) in [7, 11) is -1.25. The SMILES string of the molecule is CC(C)(C)[Si](C)(C)NCCCCN. The molecule has 0 saturated carbocycles. The second-order valence-electron chi connectivity index (χ2n) is 5.30. The summed E-state index contributed by atoms with van der Waals surface area (Å²) in [6, 6.07) is 0. The molecule has 0 aromatic heterocycles. The Morgan fingerprint density at radius 1 is 1.15 bits per heavy atom. The first-order valence-corrected chi connectivity index (χ1v) is 8.26. The first kappa shape index (κ1) is 13.1. The Bertz CT molecular complexity index is 138. The molecule has 13 heavy (non-hydrogen) atoms. The number of hydrogen-bond donors (Lipinski definition) is 2. The molecule has 0 spiro atoms. The van der Waals surface area contributed by atoms with E-state index in [4.69, 9.17) is 5.73 Å². The molecule has 0 aromatic carbocycles. The van der Waals surface area contributed by atoms with Crippen LogP contribution in [0.2, 0.25) is 18.1 Å². The average Bonchev–Trinajstić information content (AvgIpc) is 1.96. The average molecular weight is 202 g/mol. The standard InChI is InChI=1S/C10H26N2Si/c1-10(2,3)13(4,5)12-9-7-6-8-11/h12H,6-9,11H2,1-5H3. The smallest absolute Gasteiger partial charge is 0.124 e. The third-order valence-electron chi connectivity index (χ3n) is 3.07. The molecule has 0 saturated heterocycles. The molecule has 0 aliphatic heterocycles. The van der Waals surface area contributed by atoms with Crippen LogP contribution in [0, 0.1) is 0 Å². The molecule has 0 aliphatic rings. The summed E-state index contributed by atoms with van der Waals surface area (Å²) in [5.74, 6) is 0. The molecule has 80 valence electrons. The van der Waals surface area contributed by atoms with Crippen molar-refractivity contribution in [2.24, 2.45) is 5.73 Å². The molecule has 3 N–H and O–H groups in total. The van der Waals surface area contributed by atoms with Crippen LogP contribution in [-0.2, 0) is 0 Å². The summed E-state index contributed by atoms with van der Waals surface area (Å²) in [6.45, 7) is 13.7. The van der Waals surface area contributed by atoms with Crippen LogP contribution in [0.25, 0.3) is 0 Å². The van der Waals surface area contributed by atoms with Crippen LogP contribution in [0.4, 0.5) is 0 Å². The van der Waals surface area contributed by atoms with E-state index in [1.165, 1.54) is 6.42 Å². The van der Waals surface area contributed by atoms with E-state index in [0.29, 0.717) is 5.04 Å². The Morgan fingerprint density at radius 2 is 1.69 bits per heavy atom. The van der Waals surface area contributed by atoms with Crippen LogP contribution in [-0.4, -0.2) is 21.3 Å². The minimum atomic E-state index is -1.25. The van der Waals surface area contributed by atoms with Crippen LogP contribution in [0.15, 0.2) is 0 Å². The molecule has 0 aliphatic carbocycles. The van der Waals surface area contributed by atoms with Crippen molar-refractivity contribution in [3.63, 3.8) is 0 Å². The van der Waals surface area contributed by atoms with Gasteiger partial charge in [0.15, 0.2) is 0 Å². The van der Waals surface area contributed by atoms with Gasteiger partial charge in [0.1, 0.15) is 8.24 Å². The predicted octanol–water partition coefficient (Wildman–Crippen LogP) is 2.32. The van der Waals surface area contributed by atoms with Crippen molar-refractivity contribution in [3.8, 4) is 0 Å². The Hall–Kier alpha value is 0.137. The van der Waals surface area contributed by atoms with E-state index < -0.39 is 8.24 Å². The highest BCUT2D eigenvalue weighted by Gasteiger charge is 2.34. The molecule has 0 aromatic rings. The Balaban J connectivity index is 3.77. The van der Waals surface area contributed by atoms with Gasteiger partial charge in [0, 0.05) is 0 Å². The Labute approximate surface area is 84.4 Å². The lowest BCUT2D eigenvalue weighted by Crippen LogP contribution is -2.52. The van der Waals surface area contributed by atoms with Crippen LogP contribution in [0.1, 0.15) is 33.6 Å². The van der Waals surface area contributed by atoms with Crippen LogP contribution in [0.3, 0.4) is 0 Å². The third kappa shape index (κ3) is 4.79. The Kier molecular flexibility index (Phi) is 5.18. The van der Waals surface area contributed by atoms with E-state index in [9.17, 15) is 0 Å². The quantitative estimate of drug-likeness (QED) is 0.530. The summed E-state index contributed by atoms with van der Waals surface area (Å²) < 4.78 is 0. The van der Waals surface area contributed by atoms with Gasteiger partial charge in [0.25, 0.3) is 0 Å². The van der Waals surface area contributed by atoms with Crippen molar-refractivity contribution in [1.29, 1.82) is 0 Å². The monoisotopic (exact) mass is 202 g/mol. The van der Waals surface area contributed by atoms with Gasteiger partial charge < -0.3 is 10.7 Å². The second kappa shape index (κ2) is 5.13. The lowest BCUT2D eigenvalue weighted by Gasteiger charge is -2.37. The zero-order valence-electron chi connectivity index (χ0n) is 9.91. The molecule has 0 heterocycles. The van der Waals surface area contributed by atoms with Crippen molar-refractivity contribution in [2.75, 3.05) is 13.1 Å². The number of rotatable bonds is 5. The number of nitrogens with two attached hydrogens (primary N) is 1. The van der Waals surface area contributed by atoms with Gasteiger partial charge in [-0.3, -0.25) is 0 Å². The van der Waals surface area contributed by atoms with E-state index in [2.05, 4.69) is 38.8 Å². The molecule has 0 bridgehead atoms. The van der Waals surface area contributed by atoms with Crippen LogP contribution in [0.5, 0.6) is 0 Å². The maximum Gasteiger partial charge on any atom is 0.124 e. The van der Waals surface area contributed by atoms with Crippen molar-refractivity contribution in [1.82, 2.24) is 4.98 Å². The zero-order valence-corrected chi connectivity index (χ0v) is 10.9. The van der Waals surface area contributed by atoms with Crippen molar-refractivity contribution in [2.45, 2.75) is 51.7 Å². The van der Waals surface area contributed by atoms with E-state index in [-0.39, 0.29) is 0 Å². The van der Waals surface area contributed by atoms with Crippen LogP contribution >= 0.6 is 0 Å². The summed E-state index contributed by atoms with van der Waals surface area (Å²) in [5.41, 5.74) is 5.45. The zero-order chi connectivity index (χ0) is 10.5. The minimum absolute atomic E-state index is 0.440. The maximum absolute atomic E-state index is 5.45. The Morgan fingerprint density at radius 3 is 2.08 bits per heavy atom. The fourth-order valence-electron chi connectivity index (χ4n) is 0.935. The number of hydrogen-bond acceptors (Lipinski definition) is 2. The third-order valence-corrected chi connectivity index (χ3v) is 7.96. The molecular weight excluding hydrogens is 176 g/mol. The molecule has 0 fully saturated rings. The molecular formula is C10H26N2Si. The van der Waals surface area contributed by atoms with Gasteiger partial charge in [-0.2, -0.15) is 0 Å². The first-order valence-electron chi connectivity index (χ1n) is 5.26. The topological polar surface area (TPSA) is 38.0 Å². The molecule has 0 amide bonds. The van der Waals surface area contributed by atoms with Crippen molar-refractivity contribution < 1.29 is 0 Å². The molecule has 0 rings (SSSR count). The molecule has 2 nitrogen and oxygen atoms in total. The fraction of sp³-hybridized carbons (Fsp3) is 1.00. The minimum Gasteiger partial charge on any atom is -0.337 e. The van der Waals surface area contributed by atoms with E-state index >= 15 is 0 Å². The summed E-state index contributed by atoms with van der Waals surface area (Å²) >= 11 is 0. The highest BCUT2D eigenvalue weighted by Crippen LogP contribution is 2.33. The summed E-state index contributed by atoms with van der Waals surface area (Å²) in [5, 5.41) is 0.440. The van der Waals surface area contributed by atoms with Gasteiger partial charge >= 0.3 is 0 Å². The van der Waals surface area contributed by atoms with E-state index in [1.807, 2.05) is 0 Å². The van der Waals surface area contributed by atoms with Gasteiger partial charge in [-0.15, -0.1) is 0 Å². The predicted molar refractivity (Wildman–Crippen MR) is 63.5 cm³/mol. The molecule has 3 heteroatoms. The molecule has 0 radical (unpaired) electrons. The molecule has 0 unspecified atom stereocenters. The van der Waals surface area contributed by atoms with E-state index in [0.717, 1.165) is 19.5 Å². The van der Waals surface area contributed by atoms with E-state index in [1.54, 1.807) is 0 Å². The number of nitrogens with one attached hydrogen (secondary N) is 1. The summed E-state index contributed by atoms with van der Waals surface area (Å²) in [6.07, 6.45) is 2.35. The lowest BCUT2D eigenvalue weighted by atomic mass is 10.2.